The van der Waals surface area contributed by atoms with E-state index in [4.69, 9.17) is 0 Å². The number of hydrogen-bond acceptors (Lipinski definition) is 2. The highest BCUT2D eigenvalue weighted by Crippen LogP contribution is 2.27. The van der Waals surface area contributed by atoms with Crippen molar-refractivity contribution in [3.05, 3.63) is 34.6 Å². The summed E-state index contributed by atoms with van der Waals surface area (Å²) in [4.78, 5) is 23.1. The van der Waals surface area contributed by atoms with Gasteiger partial charge in [0.1, 0.15) is 0 Å². The summed E-state index contributed by atoms with van der Waals surface area (Å²) in [6.45, 7) is 0. The van der Waals surface area contributed by atoms with Crippen molar-refractivity contribution in [2.45, 2.75) is 0 Å². The maximum Gasteiger partial charge on any atom is 0.264 e. The normalized spacial score (nSPS) is 14.8. The molecule has 0 unspecified atom stereocenters. The van der Waals surface area contributed by atoms with Crippen LogP contribution in [0.4, 0.5) is 13.2 Å². The van der Waals surface area contributed by atoms with Gasteiger partial charge in [0.2, 0.25) is 0 Å². The lowest BCUT2D eigenvalue weighted by molar-refractivity contribution is 0.0691. The van der Waals surface area contributed by atoms with Crippen LogP contribution in [0.25, 0.3) is 0 Å². The quantitative estimate of drug-likeness (QED) is 0.483. The van der Waals surface area contributed by atoms with E-state index >= 15 is 0 Å². The second kappa shape index (κ2) is 2.82. The average molecular weight is 215 g/mol. The number of carbonyl (C=O) groups is 2. The Kier molecular flexibility index (Phi) is 1.82. The molecule has 2 amide bonds. The van der Waals surface area contributed by atoms with Crippen molar-refractivity contribution in [3.8, 4) is 0 Å². The third-order valence-electron chi connectivity index (χ3n) is 2.22. The summed E-state index contributed by atoms with van der Waals surface area (Å²) in [5.41, 5.74) is -1.15. The number of amides is 2. The standard InChI is InChI=1S/C9H4F3NO2/c1-13-8(14)3-2-4(10)6(11)7(12)5(3)9(13)15/h2H,1H3. The fourth-order valence-electron chi connectivity index (χ4n) is 1.41. The molecule has 0 spiro atoms. The lowest BCUT2D eigenvalue weighted by Gasteiger charge is -2.02. The number of rotatable bonds is 0. The fourth-order valence-corrected chi connectivity index (χ4v) is 1.41. The first-order chi connectivity index (χ1) is 6.95. The molecule has 0 fully saturated rings. The Hall–Kier alpha value is -1.85. The predicted molar refractivity (Wildman–Crippen MR) is 42.7 cm³/mol. The molecule has 78 valence electrons. The molecule has 0 atom stereocenters. The van der Waals surface area contributed by atoms with Crippen LogP contribution in [0, 0.1) is 17.5 Å². The third-order valence-corrected chi connectivity index (χ3v) is 2.22. The number of benzene rings is 1. The van der Waals surface area contributed by atoms with Crippen LogP contribution >= 0.6 is 0 Å². The van der Waals surface area contributed by atoms with Crippen molar-refractivity contribution in [2.75, 3.05) is 7.05 Å². The molecule has 0 aromatic heterocycles. The van der Waals surface area contributed by atoms with Gasteiger partial charge in [0.05, 0.1) is 11.1 Å². The minimum Gasteiger partial charge on any atom is -0.277 e. The first kappa shape index (κ1) is 9.70. The Bertz CT molecular complexity index is 499. The smallest absolute Gasteiger partial charge is 0.264 e. The van der Waals surface area contributed by atoms with Gasteiger partial charge in [-0.1, -0.05) is 0 Å². The van der Waals surface area contributed by atoms with Crippen LogP contribution in [-0.4, -0.2) is 23.8 Å². The summed E-state index contributed by atoms with van der Waals surface area (Å²) >= 11 is 0. The monoisotopic (exact) mass is 215 g/mol. The van der Waals surface area contributed by atoms with Crippen LogP contribution in [0.3, 0.4) is 0 Å². The van der Waals surface area contributed by atoms with Crippen molar-refractivity contribution in [1.29, 1.82) is 0 Å². The van der Waals surface area contributed by atoms with E-state index in [2.05, 4.69) is 0 Å². The van der Waals surface area contributed by atoms with Gasteiger partial charge in [-0.25, -0.2) is 13.2 Å². The van der Waals surface area contributed by atoms with Crippen LogP contribution < -0.4 is 0 Å². The van der Waals surface area contributed by atoms with Gasteiger partial charge in [0.15, 0.2) is 17.5 Å². The molecule has 0 N–H and O–H groups in total. The summed E-state index contributed by atoms with van der Waals surface area (Å²) in [5, 5.41) is 0. The first-order valence-corrected chi connectivity index (χ1v) is 3.95. The Balaban J connectivity index is 2.81. The molecule has 0 saturated carbocycles. The number of nitrogens with zero attached hydrogens (tertiary/aromatic N) is 1. The lowest BCUT2D eigenvalue weighted by atomic mass is 10.1. The highest BCUT2D eigenvalue weighted by Gasteiger charge is 2.38. The molecule has 1 aliphatic rings. The van der Waals surface area contributed by atoms with Gasteiger partial charge in [-0.05, 0) is 6.07 Å². The minimum atomic E-state index is -1.75. The number of hydrogen-bond donors (Lipinski definition) is 0. The molecule has 1 heterocycles. The lowest BCUT2D eigenvalue weighted by Crippen LogP contribution is -2.24. The highest BCUT2D eigenvalue weighted by molar-refractivity contribution is 6.21. The summed E-state index contributed by atoms with van der Waals surface area (Å²) in [7, 11) is 1.11. The van der Waals surface area contributed by atoms with Gasteiger partial charge in [0, 0.05) is 7.05 Å². The van der Waals surface area contributed by atoms with Crippen LogP contribution in [-0.2, 0) is 0 Å². The van der Waals surface area contributed by atoms with Crippen LogP contribution in [0.2, 0.25) is 0 Å². The molecule has 0 bridgehead atoms. The molecule has 6 heteroatoms. The largest absolute Gasteiger partial charge is 0.277 e. The Morgan fingerprint density at radius 3 is 2.27 bits per heavy atom. The third kappa shape index (κ3) is 1.07. The SMILES string of the molecule is CN1C(=O)c2cc(F)c(F)c(F)c2C1=O. The number of halogens is 3. The highest BCUT2D eigenvalue weighted by atomic mass is 19.2. The number of carbonyl (C=O) groups excluding carboxylic acids is 2. The van der Waals surface area contributed by atoms with Crippen molar-refractivity contribution in [2.24, 2.45) is 0 Å². The maximum atomic E-state index is 13.1. The van der Waals surface area contributed by atoms with Gasteiger partial charge in [-0.3, -0.25) is 14.5 Å². The van der Waals surface area contributed by atoms with Gasteiger partial charge in [-0.15, -0.1) is 0 Å². The maximum absolute atomic E-state index is 13.1. The van der Waals surface area contributed by atoms with E-state index in [9.17, 15) is 22.8 Å². The fraction of sp³-hybridized carbons (Fsp3) is 0.111. The molecule has 0 saturated heterocycles. The van der Waals surface area contributed by atoms with Gasteiger partial charge in [0.25, 0.3) is 11.8 Å². The molecular formula is C9H4F3NO2. The van der Waals surface area contributed by atoms with Crippen molar-refractivity contribution >= 4 is 11.8 Å². The molecule has 1 aliphatic heterocycles. The summed E-state index contributed by atoms with van der Waals surface area (Å²) in [6.07, 6.45) is 0. The molecule has 2 rings (SSSR count). The predicted octanol–water partition coefficient (Wildman–Crippen LogP) is 1.33. The average Bonchev–Trinajstić information content (AvgIpc) is 2.40. The molecule has 1 aromatic carbocycles. The number of fused-ring (bicyclic) bond motifs is 1. The van der Waals surface area contributed by atoms with E-state index in [1.807, 2.05) is 0 Å². The summed E-state index contributed by atoms with van der Waals surface area (Å²) in [6, 6.07) is 0.525. The minimum absolute atomic E-state index is 0.445. The topological polar surface area (TPSA) is 37.4 Å². The van der Waals surface area contributed by atoms with E-state index < -0.39 is 40.4 Å². The van der Waals surface area contributed by atoms with E-state index in [1.54, 1.807) is 0 Å². The molecule has 3 nitrogen and oxygen atoms in total. The molecule has 0 radical (unpaired) electrons. The van der Waals surface area contributed by atoms with E-state index in [0.717, 1.165) is 7.05 Å². The zero-order valence-electron chi connectivity index (χ0n) is 7.47. The van der Waals surface area contributed by atoms with Gasteiger partial charge in [-0.2, -0.15) is 0 Å². The first-order valence-electron chi connectivity index (χ1n) is 3.95. The van der Waals surface area contributed by atoms with Crippen LogP contribution in [0.15, 0.2) is 6.07 Å². The zero-order chi connectivity index (χ0) is 11.3. The Labute approximate surface area is 82.1 Å². The second-order valence-electron chi connectivity index (χ2n) is 3.08. The Morgan fingerprint density at radius 1 is 1.07 bits per heavy atom. The van der Waals surface area contributed by atoms with Crippen LogP contribution in [0.1, 0.15) is 20.7 Å². The molecule has 0 aliphatic carbocycles. The second-order valence-corrected chi connectivity index (χ2v) is 3.08. The molecular weight excluding hydrogens is 211 g/mol. The molecule has 1 aromatic rings. The van der Waals surface area contributed by atoms with Crippen molar-refractivity contribution in [1.82, 2.24) is 4.90 Å². The zero-order valence-corrected chi connectivity index (χ0v) is 7.47. The Morgan fingerprint density at radius 2 is 1.67 bits per heavy atom. The van der Waals surface area contributed by atoms with Crippen molar-refractivity contribution < 1.29 is 22.8 Å². The number of imide groups is 1. The summed E-state index contributed by atoms with van der Waals surface area (Å²) < 4.78 is 38.7. The summed E-state index contributed by atoms with van der Waals surface area (Å²) in [5.74, 6) is -6.65. The van der Waals surface area contributed by atoms with Crippen LogP contribution in [0.5, 0.6) is 0 Å². The van der Waals surface area contributed by atoms with E-state index in [0.29, 0.717) is 11.0 Å². The van der Waals surface area contributed by atoms with Crippen molar-refractivity contribution in [3.63, 3.8) is 0 Å². The van der Waals surface area contributed by atoms with Gasteiger partial charge >= 0.3 is 0 Å². The van der Waals surface area contributed by atoms with E-state index in [-0.39, 0.29) is 0 Å². The van der Waals surface area contributed by atoms with Gasteiger partial charge < -0.3 is 0 Å². The van der Waals surface area contributed by atoms with E-state index in [1.165, 1.54) is 0 Å². The molecule has 15 heavy (non-hydrogen) atoms.